The number of oxazole rings is 1. The molecular formula is C23H28N4O4. The highest BCUT2D eigenvalue weighted by atomic mass is 16.5. The zero-order chi connectivity index (χ0) is 21.6. The molecule has 0 saturated carbocycles. The number of aromatic amines is 1. The van der Waals surface area contributed by atoms with Gasteiger partial charge in [-0.2, -0.15) is 0 Å². The van der Waals surface area contributed by atoms with Gasteiger partial charge in [0.05, 0.1) is 18.3 Å². The lowest BCUT2D eigenvalue weighted by molar-refractivity contribution is 0.0952. The van der Waals surface area contributed by atoms with Gasteiger partial charge in [0.2, 0.25) is 0 Å². The second kappa shape index (κ2) is 9.70. The summed E-state index contributed by atoms with van der Waals surface area (Å²) in [6.07, 6.45) is 1.95. The van der Waals surface area contributed by atoms with Crippen molar-refractivity contribution in [3.05, 3.63) is 58.6 Å². The first-order valence-corrected chi connectivity index (χ1v) is 10.7. The quantitative estimate of drug-likeness (QED) is 0.540. The second-order valence-corrected chi connectivity index (χ2v) is 7.69. The summed E-state index contributed by atoms with van der Waals surface area (Å²) >= 11 is 0. The smallest absolute Gasteiger partial charge is 0.417 e. The number of H-pyrrole nitrogens is 1. The number of hydrogen-bond donors (Lipinski definition) is 2. The summed E-state index contributed by atoms with van der Waals surface area (Å²) in [5.74, 6) is 0.247. The van der Waals surface area contributed by atoms with Gasteiger partial charge in [0.15, 0.2) is 5.58 Å². The molecule has 0 bridgehead atoms. The third kappa shape index (κ3) is 5.08. The molecule has 1 saturated heterocycles. The Balaban J connectivity index is 1.16. The number of methoxy groups -OCH3 is 1. The Morgan fingerprint density at radius 1 is 1.13 bits per heavy atom. The minimum absolute atomic E-state index is 0.156. The van der Waals surface area contributed by atoms with Crippen LogP contribution in [0.3, 0.4) is 0 Å². The van der Waals surface area contributed by atoms with Crippen molar-refractivity contribution in [1.82, 2.24) is 15.2 Å². The van der Waals surface area contributed by atoms with Crippen LogP contribution in [0.5, 0.6) is 5.75 Å². The average Bonchev–Trinajstić information content (AvgIpc) is 3.18. The standard InChI is InChI=1S/C23H28N4O4/c1-30-20-7-3-2-6-19(20)27-14-12-26(13-15-27)11-5-4-10-24-22(28)17-8-9-18-21(16-17)31-23(29)25-18/h2-3,6-9,16H,4-5,10-15H2,1H3,(H,24,28)(H,25,29). The molecule has 8 nitrogen and oxygen atoms in total. The summed E-state index contributed by atoms with van der Waals surface area (Å²) < 4.78 is 10.5. The van der Waals surface area contributed by atoms with Crippen LogP contribution in [0.4, 0.5) is 5.69 Å². The van der Waals surface area contributed by atoms with Gasteiger partial charge in [-0.05, 0) is 49.7 Å². The molecule has 2 aromatic carbocycles. The Hall–Kier alpha value is -3.26. The van der Waals surface area contributed by atoms with Crippen LogP contribution in [0.1, 0.15) is 23.2 Å². The number of anilines is 1. The third-order valence-electron chi connectivity index (χ3n) is 5.67. The molecular weight excluding hydrogens is 396 g/mol. The number of nitrogens with zero attached hydrogens (tertiary/aromatic N) is 2. The topological polar surface area (TPSA) is 90.8 Å². The van der Waals surface area contributed by atoms with Crippen molar-refractivity contribution in [2.24, 2.45) is 0 Å². The number of carbonyl (C=O) groups is 1. The molecule has 0 unspecified atom stereocenters. The van der Waals surface area contributed by atoms with Crippen molar-refractivity contribution in [1.29, 1.82) is 0 Å². The summed E-state index contributed by atoms with van der Waals surface area (Å²) in [6, 6.07) is 13.1. The largest absolute Gasteiger partial charge is 0.495 e. The van der Waals surface area contributed by atoms with Crippen LogP contribution in [-0.2, 0) is 0 Å². The van der Waals surface area contributed by atoms with Crippen LogP contribution in [0, 0.1) is 0 Å². The van der Waals surface area contributed by atoms with Gasteiger partial charge in [0.1, 0.15) is 5.75 Å². The highest BCUT2D eigenvalue weighted by Gasteiger charge is 2.19. The van der Waals surface area contributed by atoms with E-state index < -0.39 is 5.76 Å². The normalized spacial score (nSPS) is 14.7. The van der Waals surface area contributed by atoms with E-state index >= 15 is 0 Å². The summed E-state index contributed by atoms with van der Waals surface area (Å²) in [6.45, 7) is 5.65. The lowest BCUT2D eigenvalue weighted by Gasteiger charge is -2.36. The minimum atomic E-state index is -0.517. The highest BCUT2D eigenvalue weighted by Crippen LogP contribution is 2.28. The van der Waals surface area contributed by atoms with Crippen LogP contribution in [-0.4, -0.2) is 62.2 Å². The molecule has 0 spiro atoms. The maximum Gasteiger partial charge on any atom is 0.417 e. The number of para-hydroxylation sites is 2. The number of ether oxygens (including phenoxy) is 1. The molecule has 1 aromatic heterocycles. The number of fused-ring (bicyclic) bond motifs is 1. The van der Waals surface area contributed by atoms with Crippen molar-refractivity contribution < 1.29 is 13.9 Å². The molecule has 1 aliphatic heterocycles. The zero-order valence-corrected chi connectivity index (χ0v) is 17.7. The molecule has 31 heavy (non-hydrogen) atoms. The third-order valence-corrected chi connectivity index (χ3v) is 5.67. The summed E-state index contributed by atoms with van der Waals surface area (Å²) in [4.78, 5) is 31.0. The van der Waals surface area contributed by atoms with Crippen molar-refractivity contribution >= 4 is 22.7 Å². The van der Waals surface area contributed by atoms with Gasteiger partial charge in [-0.3, -0.25) is 14.7 Å². The van der Waals surface area contributed by atoms with Crippen LogP contribution < -0.4 is 20.7 Å². The maximum atomic E-state index is 12.3. The fourth-order valence-electron chi connectivity index (χ4n) is 3.95. The van der Waals surface area contributed by atoms with E-state index in [0.717, 1.165) is 57.0 Å². The minimum Gasteiger partial charge on any atom is -0.495 e. The fourth-order valence-corrected chi connectivity index (χ4v) is 3.95. The van der Waals surface area contributed by atoms with E-state index in [2.05, 4.69) is 26.2 Å². The Morgan fingerprint density at radius 3 is 2.74 bits per heavy atom. The molecule has 2 N–H and O–H groups in total. The first-order chi connectivity index (χ1) is 15.1. The first kappa shape index (κ1) is 21.0. The van der Waals surface area contributed by atoms with Gasteiger partial charge in [0, 0.05) is 38.3 Å². The van der Waals surface area contributed by atoms with Gasteiger partial charge in [-0.15, -0.1) is 0 Å². The van der Waals surface area contributed by atoms with Crippen molar-refractivity contribution in [3.8, 4) is 5.75 Å². The molecule has 1 aliphatic rings. The number of rotatable bonds is 8. The monoisotopic (exact) mass is 424 g/mol. The van der Waals surface area contributed by atoms with Gasteiger partial charge < -0.3 is 19.4 Å². The number of amides is 1. The van der Waals surface area contributed by atoms with Crippen molar-refractivity contribution in [2.75, 3.05) is 51.3 Å². The number of piperazine rings is 1. The lowest BCUT2D eigenvalue weighted by atomic mass is 10.2. The zero-order valence-electron chi connectivity index (χ0n) is 17.7. The Labute approximate surface area is 180 Å². The Kier molecular flexibility index (Phi) is 6.57. The fraction of sp³-hybridized carbons (Fsp3) is 0.391. The van der Waals surface area contributed by atoms with E-state index in [0.29, 0.717) is 23.2 Å². The number of unbranched alkanes of at least 4 members (excludes halogenated alkanes) is 1. The van der Waals surface area contributed by atoms with Crippen molar-refractivity contribution in [2.45, 2.75) is 12.8 Å². The molecule has 8 heteroatoms. The average molecular weight is 425 g/mol. The van der Waals surface area contributed by atoms with E-state index in [1.54, 1.807) is 25.3 Å². The van der Waals surface area contributed by atoms with E-state index in [9.17, 15) is 9.59 Å². The maximum absolute atomic E-state index is 12.3. The summed E-state index contributed by atoms with van der Waals surface area (Å²) in [7, 11) is 1.71. The van der Waals surface area contributed by atoms with Gasteiger partial charge in [-0.1, -0.05) is 12.1 Å². The number of nitrogens with one attached hydrogen (secondary N) is 2. The van der Waals surface area contributed by atoms with Crippen LogP contribution in [0.25, 0.3) is 11.1 Å². The van der Waals surface area contributed by atoms with Gasteiger partial charge in [-0.25, -0.2) is 4.79 Å². The number of carbonyl (C=O) groups excluding carboxylic acids is 1. The molecule has 0 atom stereocenters. The molecule has 1 fully saturated rings. The molecule has 0 aliphatic carbocycles. The highest BCUT2D eigenvalue weighted by molar-refractivity contribution is 5.96. The van der Waals surface area contributed by atoms with Crippen LogP contribution in [0.15, 0.2) is 51.7 Å². The van der Waals surface area contributed by atoms with Gasteiger partial charge >= 0.3 is 5.76 Å². The Bertz CT molecular complexity index is 1080. The summed E-state index contributed by atoms with van der Waals surface area (Å²) in [5.41, 5.74) is 2.63. The number of benzene rings is 2. The predicted octanol–water partition coefficient (Wildman–Crippen LogP) is 2.46. The summed E-state index contributed by atoms with van der Waals surface area (Å²) in [5, 5.41) is 2.94. The van der Waals surface area contributed by atoms with E-state index in [-0.39, 0.29) is 5.91 Å². The molecule has 0 radical (unpaired) electrons. The van der Waals surface area contributed by atoms with E-state index in [4.69, 9.17) is 9.15 Å². The number of aromatic nitrogens is 1. The van der Waals surface area contributed by atoms with Gasteiger partial charge in [0.25, 0.3) is 5.91 Å². The molecule has 2 heterocycles. The van der Waals surface area contributed by atoms with E-state index in [1.165, 1.54) is 0 Å². The second-order valence-electron chi connectivity index (χ2n) is 7.69. The SMILES string of the molecule is COc1ccccc1N1CCN(CCCCNC(=O)c2ccc3[nH]c(=O)oc3c2)CC1. The molecule has 164 valence electrons. The number of hydrogen-bond acceptors (Lipinski definition) is 6. The van der Waals surface area contributed by atoms with Crippen LogP contribution >= 0.6 is 0 Å². The van der Waals surface area contributed by atoms with E-state index in [1.807, 2.05) is 18.2 Å². The molecule has 3 aromatic rings. The predicted molar refractivity (Wildman–Crippen MR) is 120 cm³/mol. The van der Waals surface area contributed by atoms with Crippen molar-refractivity contribution in [3.63, 3.8) is 0 Å². The van der Waals surface area contributed by atoms with Crippen LogP contribution in [0.2, 0.25) is 0 Å². The Morgan fingerprint density at radius 2 is 1.94 bits per heavy atom. The lowest BCUT2D eigenvalue weighted by Crippen LogP contribution is -2.46. The first-order valence-electron chi connectivity index (χ1n) is 10.7. The molecule has 1 amide bonds. The molecule has 4 rings (SSSR count).